The summed E-state index contributed by atoms with van der Waals surface area (Å²) >= 11 is 1.69. The number of thiophene rings is 1. The normalized spacial score (nSPS) is 18.6. The second kappa shape index (κ2) is 7.09. The number of amides is 1. The Balaban J connectivity index is 1.59. The van der Waals surface area contributed by atoms with Crippen molar-refractivity contribution in [2.24, 2.45) is 0 Å². The molecule has 0 aromatic carbocycles. The van der Waals surface area contributed by atoms with Crippen molar-refractivity contribution < 1.29 is 4.79 Å². The first kappa shape index (κ1) is 15.3. The molecule has 1 aliphatic heterocycles. The lowest BCUT2D eigenvalue weighted by Crippen LogP contribution is -2.41. The lowest BCUT2D eigenvalue weighted by molar-refractivity contribution is -0.132. The van der Waals surface area contributed by atoms with Gasteiger partial charge in [-0.05, 0) is 41.7 Å². The van der Waals surface area contributed by atoms with Crippen molar-refractivity contribution in [1.82, 2.24) is 14.5 Å². The van der Waals surface area contributed by atoms with Gasteiger partial charge in [-0.1, -0.05) is 6.92 Å². The number of aromatic nitrogens is 2. The smallest absolute Gasteiger partial charge is 0.222 e. The Morgan fingerprint density at radius 2 is 2.41 bits per heavy atom. The number of rotatable bonds is 5. The third-order valence-electron chi connectivity index (χ3n) is 4.42. The van der Waals surface area contributed by atoms with Crippen LogP contribution in [0.2, 0.25) is 0 Å². The molecular formula is C17H23N3OS. The zero-order chi connectivity index (χ0) is 15.4. The van der Waals surface area contributed by atoms with Gasteiger partial charge in [0.05, 0.1) is 6.04 Å². The van der Waals surface area contributed by atoms with Crippen LogP contribution >= 0.6 is 11.3 Å². The van der Waals surface area contributed by atoms with E-state index < -0.39 is 0 Å². The van der Waals surface area contributed by atoms with Crippen LogP contribution in [-0.4, -0.2) is 33.4 Å². The molecule has 0 spiro atoms. The highest BCUT2D eigenvalue weighted by Gasteiger charge is 2.25. The molecule has 0 radical (unpaired) electrons. The lowest BCUT2D eigenvalue weighted by atomic mass is 10.0. The Labute approximate surface area is 135 Å². The summed E-state index contributed by atoms with van der Waals surface area (Å²) in [6.07, 6.45) is 8.56. The molecule has 0 N–H and O–H groups in total. The summed E-state index contributed by atoms with van der Waals surface area (Å²) in [7, 11) is 0. The average molecular weight is 317 g/mol. The van der Waals surface area contributed by atoms with Crippen molar-refractivity contribution in [3.8, 4) is 0 Å². The quantitative estimate of drug-likeness (QED) is 0.848. The van der Waals surface area contributed by atoms with Crippen LogP contribution in [-0.2, 0) is 17.6 Å². The molecule has 118 valence electrons. The summed E-state index contributed by atoms with van der Waals surface area (Å²) in [4.78, 5) is 18.9. The van der Waals surface area contributed by atoms with Crippen LogP contribution in [0.15, 0.2) is 29.2 Å². The molecule has 1 saturated heterocycles. The number of carbonyl (C=O) groups is 1. The van der Waals surface area contributed by atoms with Crippen LogP contribution in [0.3, 0.4) is 0 Å². The van der Waals surface area contributed by atoms with Gasteiger partial charge < -0.3 is 9.47 Å². The zero-order valence-electron chi connectivity index (χ0n) is 13.1. The summed E-state index contributed by atoms with van der Waals surface area (Å²) in [6, 6.07) is 2.49. The maximum Gasteiger partial charge on any atom is 0.222 e. The van der Waals surface area contributed by atoms with E-state index in [1.807, 2.05) is 11.1 Å². The maximum absolute atomic E-state index is 12.5. The van der Waals surface area contributed by atoms with E-state index in [1.165, 1.54) is 5.56 Å². The van der Waals surface area contributed by atoms with Crippen LogP contribution in [0.5, 0.6) is 0 Å². The first-order valence-corrected chi connectivity index (χ1v) is 9.02. The van der Waals surface area contributed by atoms with Gasteiger partial charge in [0.15, 0.2) is 0 Å². The second-order valence-electron chi connectivity index (χ2n) is 5.87. The fourth-order valence-electron chi connectivity index (χ4n) is 3.20. The molecule has 1 atom stereocenters. The van der Waals surface area contributed by atoms with Gasteiger partial charge in [0.1, 0.15) is 5.82 Å². The number of hydrogen-bond acceptors (Lipinski definition) is 3. The van der Waals surface area contributed by atoms with E-state index in [2.05, 4.69) is 39.5 Å². The molecule has 0 unspecified atom stereocenters. The van der Waals surface area contributed by atoms with E-state index >= 15 is 0 Å². The van der Waals surface area contributed by atoms with E-state index in [0.717, 1.165) is 44.6 Å². The molecule has 1 fully saturated rings. The molecule has 2 aromatic rings. The lowest BCUT2D eigenvalue weighted by Gasteiger charge is -2.34. The molecule has 4 nitrogen and oxygen atoms in total. The third-order valence-corrected chi connectivity index (χ3v) is 5.15. The number of hydrogen-bond donors (Lipinski definition) is 0. The van der Waals surface area contributed by atoms with E-state index in [4.69, 9.17) is 0 Å². The summed E-state index contributed by atoms with van der Waals surface area (Å²) < 4.78 is 2.26. The van der Waals surface area contributed by atoms with Crippen LogP contribution in [0.25, 0.3) is 0 Å². The molecule has 1 amide bonds. The molecule has 2 aromatic heterocycles. The van der Waals surface area contributed by atoms with Crippen molar-refractivity contribution in [3.63, 3.8) is 0 Å². The molecule has 5 heteroatoms. The van der Waals surface area contributed by atoms with Crippen molar-refractivity contribution in [2.75, 3.05) is 13.1 Å². The van der Waals surface area contributed by atoms with Gasteiger partial charge in [-0.15, -0.1) is 0 Å². The van der Waals surface area contributed by atoms with Crippen LogP contribution in [0, 0.1) is 0 Å². The molecule has 0 saturated carbocycles. The SMILES string of the molecule is CCc1nccn1[C@@H]1CCCN(C(=O)CCc2ccsc2)C1. The number of nitrogens with zero attached hydrogens (tertiary/aromatic N) is 3. The third kappa shape index (κ3) is 3.40. The van der Waals surface area contributed by atoms with Gasteiger partial charge >= 0.3 is 0 Å². The predicted octanol–water partition coefficient (Wildman–Crippen LogP) is 3.30. The number of carbonyl (C=O) groups excluding carboxylic acids is 1. The number of imidazole rings is 1. The van der Waals surface area contributed by atoms with Crippen molar-refractivity contribution in [2.45, 2.75) is 45.1 Å². The number of likely N-dealkylation sites (tertiary alicyclic amines) is 1. The second-order valence-corrected chi connectivity index (χ2v) is 6.65. The number of piperidine rings is 1. The minimum Gasteiger partial charge on any atom is -0.341 e. The molecule has 0 aliphatic carbocycles. The average Bonchev–Trinajstić information content (AvgIpc) is 3.23. The summed E-state index contributed by atoms with van der Waals surface area (Å²) in [5, 5.41) is 4.20. The van der Waals surface area contributed by atoms with E-state index in [9.17, 15) is 4.79 Å². The Morgan fingerprint density at radius 1 is 1.50 bits per heavy atom. The van der Waals surface area contributed by atoms with Crippen LogP contribution in [0.4, 0.5) is 0 Å². The topological polar surface area (TPSA) is 38.1 Å². The summed E-state index contributed by atoms with van der Waals surface area (Å²) in [6.45, 7) is 3.85. The Morgan fingerprint density at radius 3 is 3.18 bits per heavy atom. The highest BCUT2D eigenvalue weighted by atomic mass is 32.1. The van der Waals surface area contributed by atoms with Crippen molar-refractivity contribution in [3.05, 3.63) is 40.6 Å². The molecule has 22 heavy (non-hydrogen) atoms. The van der Waals surface area contributed by atoms with Crippen LogP contribution in [0.1, 0.15) is 43.6 Å². The van der Waals surface area contributed by atoms with Gasteiger partial charge in [-0.3, -0.25) is 4.79 Å². The van der Waals surface area contributed by atoms with Gasteiger partial charge in [-0.25, -0.2) is 4.98 Å². The first-order valence-electron chi connectivity index (χ1n) is 8.08. The molecule has 1 aliphatic rings. The van der Waals surface area contributed by atoms with Gasteiger partial charge in [0.2, 0.25) is 5.91 Å². The van der Waals surface area contributed by atoms with Crippen molar-refractivity contribution in [1.29, 1.82) is 0 Å². The summed E-state index contributed by atoms with van der Waals surface area (Å²) in [5.74, 6) is 1.41. The monoisotopic (exact) mass is 317 g/mol. The zero-order valence-corrected chi connectivity index (χ0v) is 13.9. The Bertz CT molecular complexity index is 605. The minimum absolute atomic E-state index is 0.286. The Hall–Kier alpha value is -1.62. The predicted molar refractivity (Wildman–Crippen MR) is 89.1 cm³/mol. The molecule has 3 heterocycles. The fourth-order valence-corrected chi connectivity index (χ4v) is 3.91. The van der Waals surface area contributed by atoms with E-state index in [-0.39, 0.29) is 5.91 Å². The van der Waals surface area contributed by atoms with Gasteiger partial charge in [0.25, 0.3) is 0 Å². The van der Waals surface area contributed by atoms with E-state index in [1.54, 1.807) is 11.3 Å². The fraction of sp³-hybridized carbons (Fsp3) is 0.529. The maximum atomic E-state index is 12.5. The van der Waals surface area contributed by atoms with E-state index in [0.29, 0.717) is 12.5 Å². The molecule has 3 rings (SSSR count). The minimum atomic E-state index is 0.286. The van der Waals surface area contributed by atoms with Crippen LogP contribution < -0.4 is 0 Å². The highest BCUT2D eigenvalue weighted by Crippen LogP contribution is 2.23. The largest absolute Gasteiger partial charge is 0.341 e. The first-order chi connectivity index (χ1) is 10.8. The van der Waals surface area contributed by atoms with Gasteiger partial charge in [0, 0.05) is 38.3 Å². The molecular weight excluding hydrogens is 294 g/mol. The number of aryl methyl sites for hydroxylation is 2. The highest BCUT2D eigenvalue weighted by molar-refractivity contribution is 7.07. The molecule has 0 bridgehead atoms. The Kier molecular flexibility index (Phi) is 4.93. The van der Waals surface area contributed by atoms with Crippen molar-refractivity contribution >= 4 is 17.2 Å². The standard InChI is InChI=1S/C17H23N3OS/c1-2-16-18-8-10-20(16)15-4-3-9-19(12-15)17(21)6-5-14-7-11-22-13-14/h7-8,10-11,13,15H,2-6,9,12H2,1H3/t15-/m1/s1. The summed E-state index contributed by atoms with van der Waals surface area (Å²) in [5.41, 5.74) is 1.27. The van der Waals surface area contributed by atoms with Gasteiger partial charge in [-0.2, -0.15) is 11.3 Å².